The van der Waals surface area contributed by atoms with Crippen LogP contribution in [0.5, 0.6) is 0 Å². The van der Waals surface area contributed by atoms with Crippen LogP contribution in [0.3, 0.4) is 0 Å². The van der Waals surface area contributed by atoms with Crippen LogP contribution in [0.15, 0.2) is 69.8 Å². The summed E-state index contributed by atoms with van der Waals surface area (Å²) in [7, 11) is 2.00. The monoisotopic (exact) mass is 423 g/mol. The van der Waals surface area contributed by atoms with Gasteiger partial charge in [0.2, 0.25) is 0 Å². The maximum atomic E-state index is 5.72. The van der Waals surface area contributed by atoms with E-state index in [9.17, 15) is 0 Å². The molecule has 4 nitrogen and oxygen atoms in total. The van der Waals surface area contributed by atoms with Crippen LogP contribution in [0.4, 0.5) is 0 Å². The van der Waals surface area contributed by atoms with Crippen LogP contribution < -0.4 is 28.5 Å². The van der Waals surface area contributed by atoms with E-state index in [1.807, 2.05) is 60.4 Å². The molecule has 3 aromatic rings. The zero-order valence-electron chi connectivity index (χ0n) is 11.9. The second-order valence-corrected chi connectivity index (χ2v) is 5.39. The van der Waals surface area contributed by atoms with Crippen molar-refractivity contribution in [3.05, 3.63) is 66.4 Å². The van der Waals surface area contributed by atoms with Gasteiger partial charge in [0, 0.05) is 24.5 Å². The Hall–Kier alpha value is -1.67. The van der Waals surface area contributed by atoms with Gasteiger partial charge >= 0.3 is 0 Å². The molecule has 0 amide bonds. The number of aromatic nitrogens is 3. The molecular weight excluding hydrogens is 409 g/mol. The fourth-order valence-corrected chi connectivity index (χ4v) is 2.39. The molecule has 0 aliphatic rings. The molecule has 0 bridgehead atoms. The summed E-state index contributed by atoms with van der Waals surface area (Å²) in [5, 5.41) is 1.46. The third-order valence-corrected chi connectivity index (χ3v) is 3.59. The van der Waals surface area contributed by atoms with Crippen molar-refractivity contribution in [2.45, 2.75) is 10.2 Å². The molecule has 3 heterocycles. The molecule has 0 saturated heterocycles. The van der Waals surface area contributed by atoms with Crippen LogP contribution in [-0.4, -0.2) is 9.97 Å². The number of halogens is 1. The Kier molecular flexibility index (Phi) is 6.14. The fourth-order valence-electron chi connectivity index (χ4n) is 1.71. The van der Waals surface area contributed by atoms with Crippen molar-refractivity contribution >= 4 is 23.9 Å². The van der Waals surface area contributed by atoms with E-state index in [2.05, 4.69) is 9.97 Å². The molecule has 22 heavy (non-hydrogen) atoms. The van der Waals surface area contributed by atoms with E-state index >= 15 is 0 Å². The van der Waals surface area contributed by atoms with Crippen LogP contribution in [0.2, 0.25) is 0 Å². The maximum Gasteiger partial charge on any atom is 0.195 e. The van der Waals surface area contributed by atoms with E-state index in [0.29, 0.717) is 5.16 Å². The maximum absolute atomic E-state index is 5.72. The van der Waals surface area contributed by atoms with Crippen LogP contribution in [0.25, 0.3) is 12.2 Å². The average Bonchev–Trinajstić information content (AvgIpc) is 2.95. The molecule has 6 heteroatoms. The fraction of sp³-hybridized carbons (Fsp3) is 0.0625. The van der Waals surface area contributed by atoms with Gasteiger partial charge in [0.1, 0.15) is 12.8 Å². The van der Waals surface area contributed by atoms with Crippen molar-refractivity contribution in [3.8, 4) is 0 Å². The van der Waals surface area contributed by atoms with Gasteiger partial charge in [-0.3, -0.25) is 0 Å². The molecule has 0 aromatic carbocycles. The first kappa shape index (κ1) is 16.7. The summed E-state index contributed by atoms with van der Waals surface area (Å²) in [6.45, 7) is 0. The van der Waals surface area contributed by atoms with Crippen LogP contribution in [-0.2, 0) is 7.05 Å². The minimum absolute atomic E-state index is 0. The molecule has 112 valence electrons. The van der Waals surface area contributed by atoms with Gasteiger partial charge in [-0.1, -0.05) is 6.08 Å². The Morgan fingerprint density at radius 2 is 1.77 bits per heavy atom. The number of rotatable bonds is 4. The summed E-state index contributed by atoms with van der Waals surface area (Å²) < 4.78 is 7.72. The zero-order valence-corrected chi connectivity index (χ0v) is 14.9. The SMILES string of the molecule is C[n+]1ccc(/C=C/c2ccc(Sc3ncccn3)o2)cc1.[I-]. The Morgan fingerprint density at radius 3 is 2.50 bits per heavy atom. The molecule has 3 aromatic heterocycles. The highest BCUT2D eigenvalue weighted by atomic mass is 127. The summed E-state index contributed by atoms with van der Waals surface area (Å²) >= 11 is 1.41. The molecule has 0 unspecified atom stereocenters. The highest BCUT2D eigenvalue weighted by Crippen LogP contribution is 2.26. The summed E-state index contributed by atoms with van der Waals surface area (Å²) in [5.74, 6) is 0.807. The van der Waals surface area contributed by atoms with Crippen molar-refractivity contribution in [2.24, 2.45) is 7.05 Å². The minimum atomic E-state index is 0. The lowest BCUT2D eigenvalue weighted by atomic mass is 10.2. The van der Waals surface area contributed by atoms with E-state index in [1.54, 1.807) is 18.5 Å². The molecule has 0 N–H and O–H groups in total. The molecule has 0 atom stereocenters. The summed E-state index contributed by atoms with van der Waals surface area (Å²) in [4.78, 5) is 8.31. The largest absolute Gasteiger partial charge is 1.00 e. The second-order valence-electron chi connectivity index (χ2n) is 4.42. The quantitative estimate of drug-likeness (QED) is 0.342. The predicted octanol–water partition coefficient (Wildman–Crippen LogP) is 0.220. The van der Waals surface area contributed by atoms with Crippen molar-refractivity contribution in [2.75, 3.05) is 0 Å². The van der Waals surface area contributed by atoms with Gasteiger partial charge in [-0.05, 0) is 41.6 Å². The van der Waals surface area contributed by atoms with Crippen LogP contribution >= 0.6 is 11.8 Å². The van der Waals surface area contributed by atoms with Gasteiger partial charge in [0.05, 0.1) is 0 Å². The lowest BCUT2D eigenvalue weighted by Gasteiger charge is -1.94. The number of hydrogen-bond acceptors (Lipinski definition) is 4. The summed E-state index contributed by atoms with van der Waals surface area (Å²) in [5.41, 5.74) is 1.13. The third kappa shape index (κ3) is 4.67. The molecule has 0 saturated carbocycles. The van der Waals surface area contributed by atoms with Gasteiger partial charge in [-0.15, -0.1) is 0 Å². The number of pyridine rings is 1. The van der Waals surface area contributed by atoms with Crippen molar-refractivity contribution in [1.82, 2.24) is 9.97 Å². The number of hydrogen-bond donors (Lipinski definition) is 0. The Balaban J connectivity index is 0.00000176. The summed E-state index contributed by atoms with van der Waals surface area (Å²) in [6, 6.07) is 9.75. The Labute approximate surface area is 150 Å². The van der Waals surface area contributed by atoms with E-state index in [-0.39, 0.29) is 24.0 Å². The Morgan fingerprint density at radius 1 is 1.05 bits per heavy atom. The third-order valence-electron chi connectivity index (χ3n) is 2.78. The topological polar surface area (TPSA) is 42.8 Å². The normalized spacial score (nSPS) is 10.6. The first-order chi connectivity index (χ1) is 10.3. The van der Waals surface area contributed by atoms with Gasteiger partial charge in [0.25, 0.3) is 0 Å². The standard InChI is InChI=1S/C16H14N3OS.HI/c1-19-11-7-13(8-12-19)3-4-14-5-6-15(20-14)21-16-17-9-2-10-18-16;/h2-12H,1H3;1H/q+1;/p-1/b4-3+;. The zero-order chi connectivity index (χ0) is 14.5. The van der Waals surface area contributed by atoms with Gasteiger partial charge in [0.15, 0.2) is 22.6 Å². The van der Waals surface area contributed by atoms with Crippen molar-refractivity contribution in [3.63, 3.8) is 0 Å². The number of nitrogens with zero attached hydrogens (tertiary/aromatic N) is 3. The van der Waals surface area contributed by atoms with E-state index < -0.39 is 0 Å². The number of furan rings is 1. The second kappa shape index (κ2) is 8.09. The van der Waals surface area contributed by atoms with E-state index in [4.69, 9.17) is 4.42 Å². The van der Waals surface area contributed by atoms with Crippen LogP contribution in [0.1, 0.15) is 11.3 Å². The molecule has 3 rings (SSSR count). The molecule has 0 aliphatic carbocycles. The highest BCUT2D eigenvalue weighted by molar-refractivity contribution is 7.99. The van der Waals surface area contributed by atoms with Gasteiger partial charge in [-0.2, -0.15) is 0 Å². The predicted molar refractivity (Wildman–Crippen MR) is 81.4 cm³/mol. The van der Waals surface area contributed by atoms with Crippen molar-refractivity contribution < 1.29 is 33.0 Å². The Bertz CT molecular complexity index is 742. The average molecular weight is 423 g/mol. The lowest BCUT2D eigenvalue weighted by Crippen LogP contribution is -3.00. The lowest BCUT2D eigenvalue weighted by molar-refractivity contribution is -0.671. The van der Waals surface area contributed by atoms with Gasteiger partial charge in [-0.25, -0.2) is 14.5 Å². The first-order valence-electron chi connectivity index (χ1n) is 6.48. The molecule has 0 spiro atoms. The van der Waals surface area contributed by atoms with Crippen LogP contribution in [0, 0.1) is 0 Å². The van der Waals surface area contributed by atoms with Gasteiger partial charge < -0.3 is 28.4 Å². The smallest absolute Gasteiger partial charge is 0.195 e. The highest BCUT2D eigenvalue weighted by Gasteiger charge is 2.04. The molecule has 0 radical (unpaired) electrons. The van der Waals surface area contributed by atoms with E-state index in [1.165, 1.54) is 11.8 Å². The number of aryl methyl sites for hydroxylation is 1. The van der Waals surface area contributed by atoms with E-state index in [0.717, 1.165) is 16.4 Å². The van der Waals surface area contributed by atoms with Crippen molar-refractivity contribution in [1.29, 1.82) is 0 Å². The minimum Gasteiger partial charge on any atom is -1.00 e. The first-order valence-corrected chi connectivity index (χ1v) is 7.29. The molecule has 0 aliphatic heterocycles. The molecular formula is C16H14IN3OS. The summed E-state index contributed by atoms with van der Waals surface area (Å²) in [6.07, 6.45) is 11.4. The molecule has 0 fully saturated rings.